The lowest BCUT2D eigenvalue weighted by atomic mass is 10.1. The van der Waals surface area contributed by atoms with Crippen molar-refractivity contribution in [2.24, 2.45) is 0 Å². The Morgan fingerprint density at radius 1 is 0.821 bits per heavy atom. The smallest absolute Gasteiger partial charge is 0.251 e. The third-order valence-corrected chi connectivity index (χ3v) is 4.43. The van der Waals surface area contributed by atoms with Crippen molar-refractivity contribution in [1.29, 1.82) is 0 Å². The normalized spacial score (nSPS) is 10.0. The quantitative estimate of drug-likeness (QED) is 0.411. The minimum absolute atomic E-state index is 0.141. The van der Waals surface area contributed by atoms with E-state index >= 15 is 0 Å². The molecule has 0 heterocycles. The van der Waals surface area contributed by atoms with Crippen LogP contribution in [-0.4, -0.2) is 30.8 Å². The molecule has 2 aromatic rings. The topological polar surface area (TPSA) is 87.3 Å². The fraction of sp³-hybridized carbons (Fsp3) is 0.190. The Kier molecular flexibility index (Phi) is 8.42. The van der Waals surface area contributed by atoms with Crippen LogP contribution in [0.1, 0.15) is 32.7 Å². The zero-order valence-electron chi connectivity index (χ0n) is 15.3. The number of hydrogen-bond donors (Lipinski definition) is 3. The van der Waals surface area contributed by atoms with Crippen LogP contribution in [0, 0.1) is 0 Å². The maximum absolute atomic E-state index is 12.1. The van der Waals surface area contributed by atoms with E-state index < -0.39 is 0 Å². The SMILES string of the molecule is C=CC(=O)NCc1ccc(C(=O)NCCCNC(=O)c2ccc(Br)cc2)cc1. The highest BCUT2D eigenvalue weighted by Gasteiger charge is 2.06. The summed E-state index contributed by atoms with van der Waals surface area (Å²) in [6, 6.07) is 14.1. The summed E-state index contributed by atoms with van der Waals surface area (Å²) in [6.45, 7) is 4.69. The Morgan fingerprint density at radius 2 is 1.32 bits per heavy atom. The molecule has 0 fully saturated rings. The summed E-state index contributed by atoms with van der Waals surface area (Å²) in [6.07, 6.45) is 1.84. The molecule has 0 spiro atoms. The van der Waals surface area contributed by atoms with Crippen LogP contribution in [0.25, 0.3) is 0 Å². The first-order valence-corrected chi connectivity index (χ1v) is 9.60. The van der Waals surface area contributed by atoms with Crippen molar-refractivity contribution in [1.82, 2.24) is 16.0 Å². The highest BCUT2D eigenvalue weighted by Crippen LogP contribution is 2.10. The van der Waals surface area contributed by atoms with Gasteiger partial charge in [-0.2, -0.15) is 0 Å². The largest absolute Gasteiger partial charge is 0.352 e. The standard InChI is InChI=1S/C21H22BrN3O3/c1-2-19(26)25-14-15-4-6-16(7-5-15)20(27)23-12-3-13-24-21(28)17-8-10-18(22)11-9-17/h2,4-11H,1,3,12-14H2,(H,23,27)(H,24,28)(H,25,26). The van der Waals surface area contributed by atoms with Crippen molar-refractivity contribution in [3.05, 3.63) is 82.3 Å². The van der Waals surface area contributed by atoms with E-state index in [0.717, 1.165) is 10.0 Å². The number of rotatable bonds is 9. The van der Waals surface area contributed by atoms with Gasteiger partial charge in [0.1, 0.15) is 0 Å². The third kappa shape index (κ3) is 7.00. The Morgan fingerprint density at radius 3 is 1.82 bits per heavy atom. The molecule has 0 aromatic heterocycles. The molecule has 0 unspecified atom stereocenters. The molecule has 3 amide bonds. The molecular formula is C21H22BrN3O3. The van der Waals surface area contributed by atoms with Crippen molar-refractivity contribution < 1.29 is 14.4 Å². The van der Waals surface area contributed by atoms with Crippen LogP contribution in [0.2, 0.25) is 0 Å². The summed E-state index contributed by atoms with van der Waals surface area (Å²) in [7, 11) is 0. The molecule has 0 bridgehead atoms. The molecule has 0 radical (unpaired) electrons. The van der Waals surface area contributed by atoms with Gasteiger partial charge in [-0.1, -0.05) is 34.6 Å². The number of hydrogen-bond acceptors (Lipinski definition) is 3. The van der Waals surface area contributed by atoms with Gasteiger partial charge in [0, 0.05) is 35.2 Å². The minimum Gasteiger partial charge on any atom is -0.352 e. The maximum atomic E-state index is 12.1. The second kappa shape index (κ2) is 11.0. The van der Waals surface area contributed by atoms with Crippen LogP contribution in [0.15, 0.2) is 65.7 Å². The van der Waals surface area contributed by atoms with Gasteiger partial charge >= 0.3 is 0 Å². The molecule has 28 heavy (non-hydrogen) atoms. The van der Waals surface area contributed by atoms with E-state index in [1.807, 2.05) is 12.1 Å². The van der Waals surface area contributed by atoms with Crippen molar-refractivity contribution in [3.8, 4) is 0 Å². The lowest BCUT2D eigenvalue weighted by Crippen LogP contribution is -2.29. The van der Waals surface area contributed by atoms with Gasteiger partial charge in [-0.25, -0.2) is 0 Å². The van der Waals surface area contributed by atoms with Gasteiger partial charge in [0.2, 0.25) is 5.91 Å². The van der Waals surface area contributed by atoms with E-state index in [9.17, 15) is 14.4 Å². The number of benzene rings is 2. The summed E-state index contributed by atoms with van der Waals surface area (Å²) < 4.78 is 0.918. The molecule has 0 saturated heterocycles. The van der Waals surface area contributed by atoms with Gasteiger partial charge in [-0.15, -0.1) is 0 Å². The van der Waals surface area contributed by atoms with Gasteiger partial charge in [0.25, 0.3) is 11.8 Å². The molecule has 6 nitrogen and oxygen atoms in total. The summed E-state index contributed by atoms with van der Waals surface area (Å²) in [5.74, 6) is -0.562. The van der Waals surface area contributed by atoms with E-state index in [1.165, 1.54) is 6.08 Å². The second-order valence-corrected chi connectivity index (χ2v) is 6.91. The van der Waals surface area contributed by atoms with E-state index in [1.54, 1.807) is 36.4 Å². The average molecular weight is 444 g/mol. The van der Waals surface area contributed by atoms with Crippen LogP contribution < -0.4 is 16.0 Å². The Bertz CT molecular complexity index is 833. The Labute approximate surface area is 172 Å². The maximum Gasteiger partial charge on any atom is 0.251 e. The molecule has 2 rings (SSSR count). The molecule has 2 aromatic carbocycles. The number of carbonyl (C=O) groups is 3. The van der Waals surface area contributed by atoms with E-state index in [0.29, 0.717) is 37.2 Å². The van der Waals surface area contributed by atoms with Gasteiger partial charge < -0.3 is 16.0 Å². The van der Waals surface area contributed by atoms with Crippen LogP contribution in [-0.2, 0) is 11.3 Å². The average Bonchev–Trinajstić information content (AvgIpc) is 2.72. The number of amides is 3. The first kappa shape index (κ1) is 21.4. The van der Waals surface area contributed by atoms with Gasteiger partial charge in [0.15, 0.2) is 0 Å². The molecule has 3 N–H and O–H groups in total. The number of nitrogens with one attached hydrogen (secondary N) is 3. The summed E-state index contributed by atoms with van der Waals surface area (Å²) >= 11 is 3.33. The van der Waals surface area contributed by atoms with Crippen LogP contribution in [0.5, 0.6) is 0 Å². The van der Waals surface area contributed by atoms with Crippen molar-refractivity contribution in [3.63, 3.8) is 0 Å². The fourth-order valence-corrected chi connectivity index (χ4v) is 2.60. The molecule has 0 atom stereocenters. The second-order valence-electron chi connectivity index (χ2n) is 5.99. The minimum atomic E-state index is -0.242. The molecule has 0 aliphatic rings. The van der Waals surface area contributed by atoms with Gasteiger partial charge in [0.05, 0.1) is 0 Å². The van der Waals surface area contributed by atoms with Crippen molar-refractivity contribution in [2.45, 2.75) is 13.0 Å². The summed E-state index contributed by atoms with van der Waals surface area (Å²) in [5.41, 5.74) is 2.02. The lowest BCUT2D eigenvalue weighted by molar-refractivity contribution is -0.116. The molecule has 7 heteroatoms. The number of carbonyl (C=O) groups excluding carboxylic acids is 3. The zero-order chi connectivity index (χ0) is 20.4. The summed E-state index contributed by atoms with van der Waals surface area (Å²) in [5, 5.41) is 8.31. The monoisotopic (exact) mass is 443 g/mol. The third-order valence-electron chi connectivity index (χ3n) is 3.90. The summed E-state index contributed by atoms with van der Waals surface area (Å²) in [4.78, 5) is 35.3. The van der Waals surface area contributed by atoms with Gasteiger partial charge in [-0.05, 0) is 54.5 Å². The molecule has 0 saturated carbocycles. The van der Waals surface area contributed by atoms with Crippen molar-refractivity contribution in [2.75, 3.05) is 13.1 Å². The van der Waals surface area contributed by atoms with E-state index in [-0.39, 0.29) is 17.7 Å². The van der Waals surface area contributed by atoms with E-state index in [2.05, 4.69) is 38.5 Å². The molecular weight excluding hydrogens is 422 g/mol. The van der Waals surface area contributed by atoms with Crippen molar-refractivity contribution >= 4 is 33.7 Å². The molecule has 0 aliphatic carbocycles. The molecule has 0 aliphatic heterocycles. The predicted octanol–water partition coefficient (Wildman–Crippen LogP) is 2.80. The highest BCUT2D eigenvalue weighted by atomic mass is 79.9. The molecule has 146 valence electrons. The van der Waals surface area contributed by atoms with E-state index in [4.69, 9.17) is 0 Å². The fourth-order valence-electron chi connectivity index (χ4n) is 2.33. The first-order chi connectivity index (χ1) is 13.5. The Balaban J connectivity index is 1.67. The highest BCUT2D eigenvalue weighted by molar-refractivity contribution is 9.10. The van der Waals surface area contributed by atoms with Gasteiger partial charge in [-0.3, -0.25) is 14.4 Å². The zero-order valence-corrected chi connectivity index (χ0v) is 16.9. The number of halogens is 1. The van der Waals surface area contributed by atoms with Crippen LogP contribution >= 0.6 is 15.9 Å². The predicted molar refractivity (Wildman–Crippen MR) is 112 cm³/mol. The first-order valence-electron chi connectivity index (χ1n) is 8.81. The van der Waals surface area contributed by atoms with Crippen LogP contribution in [0.3, 0.4) is 0 Å². The van der Waals surface area contributed by atoms with Crippen LogP contribution in [0.4, 0.5) is 0 Å². The lowest BCUT2D eigenvalue weighted by Gasteiger charge is -2.08. The Hall–Kier alpha value is -2.93.